The van der Waals surface area contributed by atoms with E-state index in [4.69, 9.17) is 4.74 Å². The molecule has 1 fully saturated rings. The molecule has 0 amide bonds. The third-order valence-electron chi connectivity index (χ3n) is 10.7. The van der Waals surface area contributed by atoms with Crippen LogP contribution in [-0.2, 0) is 14.3 Å². The number of aliphatic carboxylic acids is 1. The average Bonchev–Trinajstić information content (AvgIpc) is 3.03. The molecule has 0 heterocycles. The van der Waals surface area contributed by atoms with Crippen molar-refractivity contribution in [1.82, 2.24) is 0 Å². The SMILES string of the molecule is C=C(CCC(C(=O)O)C1C(O)CC2(C)C3=CCC(C(=C)C)C(C)(CCC(=O)OCC)C3=CCC12C)C(C)C. The Morgan fingerprint density at radius 1 is 1.13 bits per heavy atom. The number of hydrogen-bond acceptors (Lipinski definition) is 4. The highest BCUT2D eigenvalue weighted by atomic mass is 16.5. The van der Waals surface area contributed by atoms with E-state index in [1.807, 2.05) is 6.92 Å². The minimum Gasteiger partial charge on any atom is -0.481 e. The summed E-state index contributed by atoms with van der Waals surface area (Å²) in [6.07, 6.45) is 8.14. The number of aliphatic hydroxyl groups excluding tert-OH is 1. The number of allylic oxidation sites excluding steroid dienone is 6. The molecule has 5 heteroatoms. The number of carbonyl (C=O) groups is 2. The van der Waals surface area contributed by atoms with Crippen LogP contribution in [0.5, 0.6) is 0 Å². The fraction of sp³-hybridized carbons (Fsp3) is 0.697. The molecule has 0 radical (unpaired) electrons. The number of carbonyl (C=O) groups excluding carboxylic acids is 1. The lowest BCUT2D eigenvalue weighted by Gasteiger charge is -2.56. The molecule has 0 bridgehead atoms. The summed E-state index contributed by atoms with van der Waals surface area (Å²) in [4.78, 5) is 25.0. The lowest BCUT2D eigenvalue weighted by molar-refractivity contribution is -0.148. The summed E-state index contributed by atoms with van der Waals surface area (Å²) in [6, 6.07) is 0. The van der Waals surface area contributed by atoms with E-state index in [9.17, 15) is 19.8 Å². The molecule has 7 unspecified atom stereocenters. The summed E-state index contributed by atoms with van der Waals surface area (Å²) >= 11 is 0. The van der Waals surface area contributed by atoms with Crippen LogP contribution in [0.15, 0.2) is 47.6 Å². The fourth-order valence-corrected chi connectivity index (χ4v) is 8.08. The van der Waals surface area contributed by atoms with Crippen molar-refractivity contribution < 1.29 is 24.5 Å². The fourth-order valence-electron chi connectivity index (χ4n) is 8.08. The van der Waals surface area contributed by atoms with Gasteiger partial charge < -0.3 is 14.9 Å². The highest BCUT2D eigenvalue weighted by Crippen LogP contribution is 2.70. The van der Waals surface area contributed by atoms with Gasteiger partial charge in [0.05, 0.1) is 18.6 Å². The maximum atomic E-state index is 12.6. The molecule has 2 N–H and O–H groups in total. The summed E-state index contributed by atoms with van der Waals surface area (Å²) in [6.45, 7) is 23.6. The Hall–Kier alpha value is -2.14. The van der Waals surface area contributed by atoms with Gasteiger partial charge in [0.2, 0.25) is 0 Å². The summed E-state index contributed by atoms with van der Waals surface area (Å²) in [5.74, 6) is -1.49. The zero-order valence-electron chi connectivity index (χ0n) is 24.7. The van der Waals surface area contributed by atoms with Crippen molar-refractivity contribution in [3.63, 3.8) is 0 Å². The van der Waals surface area contributed by atoms with Gasteiger partial charge in [-0.3, -0.25) is 9.59 Å². The van der Waals surface area contributed by atoms with Gasteiger partial charge in [-0.25, -0.2) is 0 Å². The zero-order valence-corrected chi connectivity index (χ0v) is 24.7. The average molecular weight is 527 g/mol. The Kier molecular flexibility index (Phi) is 8.92. The standard InChI is InChI=1S/C33H50O5/c1-10-38-28(35)16-17-31(7)24(21(4)5)13-14-26-25(31)15-18-32(8)29(27(34)19-33(26,32)9)23(30(36)37)12-11-22(6)20(2)3/h14-15,20,23-24,27,29,34H,4,6,10-13,16-19H2,1-3,5,7-9H3,(H,36,37). The smallest absolute Gasteiger partial charge is 0.306 e. The first-order chi connectivity index (χ1) is 17.6. The van der Waals surface area contributed by atoms with Crippen molar-refractivity contribution in [1.29, 1.82) is 0 Å². The molecular weight excluding hydrogens is 476 g/mol. The number of ether oxygens (including phenoxy) is 1. The minimum absolute atomic E-state index is 0.179. The predicted octanol–water partition coefficient (Wildman–Crippen LogP) is 7.28. The van der Waals surface area contributed by atoms with Gasteiger partial charge >= 0.3 is 11.9 Å². The zero-order chi connectivity index (χ0) is 28.6. The molecule has 0 aromatic heterocycles. The molecule has 1 saturated carbocycles. The monoisotopic (exact) mass is 526 g/mol. The van der Waals surface area contributed by atoms with Crippen molar-refractivity contribution in [2.24, 2.45) is 39.9 Å². The number of fused-ring (bicyclic) bond motifs is 3. The van der Waals surface area contributed by atoms with Gasteiger partial charge in [-0.1, -0.05) is 71.1 Å². The number of esters is 1. The van der Waals surface area contributed by atoms with Gasteiger partial charge in [0, 0.05) is 17.8 Å². The first-order valence-electron chi connectivity index (χ1n) is 14.4. The summed E-state index contributed by atoms with van der Waals surface area (Å²) in [5, 5.41) is 21.9. The van der Waals surface area contributed by atoms with E-state index < -0.39 is 23.4 Å². The Labute approximate surface area is 230 Å². The maximum absolute atomic E-state index is 12.6. The molecular formula is C33H50O5. The van der Waals surface area contributed by atoms with E-state index in [0.29, 0.717) is 51.0 Å². The maximum Gasteiger partial charge on any atom is 0.306 e. The Balaban J connectivity index is 2.02. The Morgan fingerprint density at radius 3 is 2.34 bits per heavy atom. The van der Waals surface area contributed by atoms with E-state index in [2.05, 4.69) is 66.9 Å². The van der Waals surface area contributed by atoms with Crippen molar-refractivity contribution in [3.8, 4) is 0 Å². The van der Waals surface area contributed by atoms with Gasteiger partial charge in [-0.2, -0.15) is 0 Å². The minimum atomic E-state index is -0.829. The molecule has 5 nitrogen and oxygen atoms in total. The third kappa shape index (κ3) is 5.08. The van der Waals surface area contributed by atoms with Crippen LogP contribution >= 0.6 is 0 Å². The van der Waals surface area contributed by atoms with Crippen molar-refractivity contribution in [2.75, 3.05) is 6.61 Å². The van der Waals surface area contributed by atoms with Crippen LogP contribution < -0.4 is 0 Å². The lowest BCUT2D eigenvalue weighted by atomic mass is 9.48. The Bertz CT molecular complexity index is 1030. The quantitative estimate of drug-likeness (QED) is 0.218. The normalized spacial score (nSPS) is 35.0. The molecule has 3 aliphatic rings. The molecule has 0 aliphatic heterocycles. The van der Waals surface area contributed by atoms with Gasteiger partial charge in [0.15, 0.2) is 0 Å². The number of carboxylic acids is 1. The second kappa shape index (κ2) is 11.2. The van der Waals surface area contributed by atoms with Crippen LogP contribution in [0.1, 0.15) is 93.4 Å². The van der Waals surface area contributed by atoms with Crippen LogP contribution in [0, 0.1) is 39.9 Å². The topological polar surface area (TPSA) is 83.8 Å². The number of rotatable bonds is 11. The van der Waals surface area contributed by atoms with E-state index in [0.717, 1.165) is 17.6 Å². The molecule has 212 valence electrons. The van der Waals surface area contributed by atoms with Crippen LogP contribution in [0.2, 0.25) is 0 Å². The van der Waals surface area contributed by atoms with Crippen molar-refractivity contribution >= 4 is 11.9 Å². The lowest BCUT2D eigenvalue weighted by Crippen LogP contribution is -2.48. The van der Waals surface area contributed by atoms with E-state index in [-0.39, 0.29) is 28.6 Å². The second-order valence-electron chi connectivity index (χ2n) is 13.1. The van der Waals surface area contributed by atoms with Gasteiger partial charge in [0.25, 0.3) is 0 Å². The van der Waals surface area contributed by atoms with Gasteiger partial charge in [-0.05, 0) is 86.2 Å². The molecule has 0 aromatic carbocycles. The van der Waals surface area contributed by atoms with Crippen LogP contribution in [0.25, 0.3) is 0 Å². The number of hydrogen-bond donors (Lipinski definition) is 2. The second-order valence-corrected chi connectivity index (χ2v) is 13.1. The molecule has 0 saturated heterocycles. The number of aliphatic hydroxyl groups is 1. The highest BCUT2D eigenvalue weighted by Gasteiger charge is 2.65. The molecule has 0 spiro atoms. The number of carboxylic acid groups (broad SMARTS) is 1. The largest absolute Gasteiger partial charge is 0.481 e. The molecule has 38 heavy (non-hydrogen) atoms. The van der Waals surface area contributed by atoms with Gasteiger partial charge in [0.1, 0.15) is 0 Å². The Morgan fingerprint density at radius 2 is 1.79 bits per heavy atom. The van der Waals surface area contributed by atoms with Gasteiger partial charge in [-0.15, -0.1) is 0 Å². The third-order valence-corrected chi connectivity index (χ3v) is 10.7. The van der Waals surface area contributed by atoms with E-state index >= 15 is 0 Å². The van der Waals surface area contributed by atoms with E-state index in [1.165, 1.54) is 11.1 Å². The van der Waals surface area contributed by atoms with Crippen LogP contribution in [0.4, 0.5) is 0 Å². The molecule has 7 atom stereocenters. The van der Waals surface area contributed by atoms with Crippen LogP contribution in [-0.4, -0.2) is 34.9 Å². The van der Waals surface area contributed by atoms with E-state index in [1.54, 1.807) is 0 Å². The van der Waals surface area contributed by atoms with Crippen LogP contribution in [0.3, 0.4) is 0 Å². The summed E-state index contributed by atoms with van der Waals surface area (Å²) < 4.78 is 5.26. The first-order valence-corrected chi connectivity index (χ1v) is 14.4. The first kappa shape index (κ1) is 30.4. The van der Waals surface area contributed by atoms with Crippen molar-refractivity contribution in [2.45, 2.75) is 99.5 Å². The molecule has 0 aromatic rings. The summed E-state index contributed by atoms with van der Waals surface area (Å²) in [7, 11) is 0. The van der Waals surface area contributed by atoms with Crippen molar-refractivity contribution in [3.05, 3.63) is 47.6 Å². The summed E-state index contributed by atoms with van der Waals surface area (Å²) in [5.41, 5.74) is 3.59. The molecule has 3 rings (SSSR count). The molecule has 3 aliphatic carbocycles. The highest BCUT2D eigenvalue weighted by molar-refractivity contribution is 5.71. The predicted molar refractivity (Wildman–Crippen MR) is 152 cm³/mol.